The van der Waals surface area contributed by atoms with Gasteiger partial charge in [0, 0.05) is 29.5 Å². The van der Waals surface area contributed by atoms with Crippen molar-refractivity contribution in [2.75, 3.05) is 5.32 Å². The summed E-state index contributed by atoms with van der Waals surface area (Å²) in [6.07, 6.45) is 7.76. The number of hydrogen-bond donors (Lipinski definition) is 3. The number of aromatic nitrogens is 1. The van der Waals surface area contributed by atoms with Crippen LogP contribution in [0.3, 0.4) is 0 Å². The maximum atomic E-state index is 12.9. The minimum Gasteiger partial charge on any atom is -0.393 e. The number of aliphatic hydroxyl groups is 1. The molecule has 1 heterocycles. The second kappa shape index (κ2) is 11.2. The second-order valence-electron chi connectivity index (χ2n) is 11.3. The number of carbonyl (C=O) groups is 2. The number of rotatable bonds is 8. The average Bonchev–Trinajstić information content (AvgIpc) is 2.89. The molecule has 1 aromatic heterocycles. The van der Waals surface area contributed by atoms with E-state index in [9.17, 15) is 14.7 Å². The van der Waals surface area contributed by atoms with Gasteiger partial charge in [-0.2, -0.15) is 0 Å². The maximum absolute atomic E-state index is 12.9. The summed E-state index contributed by atoms with van der Waals surface area (Å²) in [4.78, 5) is 29.1. The summed E-state index contributed by atoms with van der Waals surface area (Å²) < 4.78 is 0. The van der Waals surface area contributed by atoms with Gasteiger partial charge in [0.15, 0.2) is 0 Å². The van der Waals surface area contributed by atoms with E-state index in [1.54, 1.807) is 13.1 Å². The van der Waals surface area contributed by atoms with Gasteiger partial charge in [-0.05, 0) is 74.5 Å². The van der Waals surface area contributed by atoms with Crippen LogP contribution >= 0.6 is 0 Å². The predicted octanol–water partition coefficient (Wildman–Crippen LogP) is 5.84. The van der Waals surface area contributed by atoms with E-state index in [0.29, 0.717) is 43.2 Å². The van der Waals surface area contributed by atoms with Crippen molar-refractivity contribution in [1.82, 2.24) is 4.98 Å². The third kappa shape index (κ3) is 6.03. The lowest BCUT2D eigenvalue weighted by atomic mass is 9.70. The standard InChI is InChI=1S/C32H37N3O3/c1-21(36)15-22-7-9-23(10-8-22)16-30(38)35-27-17-29(24-5-3-2-4-6-24)31(34-20-27)25-11-13-26(14-12-25)32(33)18-28(37)19-32/h2-6,11-14,17,20,22-23,28,37H,7-10,15-16,18-19,33H2,1H3,(H,35,38). The molecule has 0 unspecified atom stereocenters. The van der Waals surface area contributed by atoms with Gasteiger partial charge in [0.05, 0.1) is 23.7 Å². The van der Waals surface area contributed by atoms with Crippen LogP contribution in [0.5, 0.6) is 0 Å². The minimum atomic E-state index is -0.464. The first-order chi connectivity index (χ1) is 18.3. The van der Waals surface area contributed by atoms with E-state index in [4.69, 9.17) is 10.7 Å². The number of benzene rings is 2. The smallest absolute Gasteiger partial charge is 0.224 e. The largest absolute Gasteiger partial charge is 0.393 e. The summed E-state index contributed by atoms with van der Waals surface area (Å²) in [5, 5.41) is 12.8. The lowest BCUT2D eigenvalue weighted by Crippen LogP contribution is -2.51. The van der Waals surface area contributed by atoms with Crippen molar-refractivity contribution in [3.05, 3.63) is 72.4 Å². The van der Waals surface area contributed by atoms with E-state index in [-0.39, 0.29) is 17.8 Å². The Morgan fingerprint density at radius 2 is 1.58 bits per heavy atom. The van der Waals surface area contributed by atoms with Crippen LogP contribution in [-0.4, -0.2) is 27.9 Å². The topological polar surface area (TPSA) is 105 Å². The molecule has 0 saturated heterocycles. The van der Waals surface area contributed by atoms with Gasteiger partial charge in [0.1, 0.15) is 5.78 Å². The van der Waals surface area contributed by atoms with Gasteiger partial charge in [0.2, 0.25) is 5.91 Å². The number of hydrogen-bond acceptors (Lipinski definition) is 5. The van der Waals surface area contributed by atoms with Gasteiger partial charge in [-0.3, -0.25) is 9.78 Å². The number of Topliss-reactive ketones (excluding diaryl/α,β-unsaturated/α-hetero) is 1. The Kier molecular flexibility index (Phi) is 7.73. The molecule has 2 aromatic carbocycles. The van der Waals surface area contributed by atoms with Crippen LogP contribution in [0.2, 0.25) is 0 Å². The molecule has 38 heavy (non-hydrogen) atoms. The Labute approximate surface area is 224 Å². The summed E-state index contributed by atoms with van der Waals surface area (Å²) in [5.41, 5.74) is 11.5. The molecule has 3 aromatic rings. The summed E-state index contributed by atoms with van der Waals surface area (Å²) in [6.45, 7) is 1.66. The predicted molar refractivity (Wildman–Crippen MR) is 150 cm³/mol. The zero-order chi connectivity index (χ0) is 26.7. The minimum absolute atomic E-state index is 0.00821. The van der Waals surface area contributed by atoms with Crippen LogP contribution < -0.4 is 11.1 Å². The quantitative estimate of drug-likeness (QED) is 0.352. The summed E-state index contributed by atoms with van der Waals surface area (Å²) >= 11 is 0. The lowest BCUT2D eigenvalue weighted by Gasteiger charge is -2.42. The van der Waals surface area contributed by atoms with Gasteiger partial charge in [-0.15, -0.1) is 0 Å². The molecule has 0 atom stereocenters. The van der Waals surface area contributed by atoms with Gasteiger partial charge >= 0.3 is 0 Å². The summed E-state index contributed by atoms with van der Waals surface area (Å²) in [6, 6.07) is 20.2. The highest BCUT2D eigenvalue weighted by atomic mass is 16.3. The highest BCUT2D eigenvalue weighted by molar-refractivity contribution is 5.93. The molecule has 2 aliphatic rings. The van der Waals surface area contributed by atoms with Crippen molar-refractivity contribution in [1.29, 1.82) is 0 Å². The highest BCUT2D eigenvalue weighted by Crippen LogP contribution is 2.40. The summed E-state index contributed by atoms with van der Waals surface area (Å²) in [5.74, 6) is 1.10. The van der Waals surface area contributed by atoms with E-state index in [1.165, 1.54) is 0 Å². The van der Waals surface area contributed by atoms with E-state index in [1.807, 2.05) is 60.7 Å². The monoisotopic (exact) mass is 511 g/mol. The van der Waals surface area contributed by atoms with Gasteiger partial charge in [-0.1, -0.05) is 54.6 Å². The van der Waals surface area contributed by atoms with Crippen molar-refractivity contribution >= 4 is 17.4 Å². The molecule has 5 rings (SSSR count). The van der Waals surface area contributed by atoms with Crippen LogP contribution in [0, 0.1) is 11.8 Å². The lowest BCUT2D eigenvalue weighted by molar-refractivity contribution is -0.119. The zero-order valence-corrected chi connectivity index (χ0v) is 22.0. The molecule has 2 aliphatic carbocycles. The first kappa shape index (κ1) is 26.3. The molecule has 0 aliphatic heterocycles. The Hall–Kier alpha value is -3.35. The molecule has 0 spiro atoms. The van der Waals surface area contributed by atoms with Crippen LogP contribution in [0.4, 0.5) is 5.69 Å². The van der Waals surface area contributed by atoms with Crippen LogP contribution in [0.15, 0.2) is 66.9 Å². The number of amides is 1. The van der Waals surface area contributed by atoms with E-state index >= 15 is 0 Å². The molecular weight excluding hydrogens is 474 g/mol. The average molecular weight is 512 g/mol. The van der Waals surface area contributed by atoms with Gasteiger partial charge in [-0.25, -0.2) is 0 Å². The van der Waals surface area contributed by atoms with Crippen molar-refractivity contribution in [3.8, 4) is 22.4 Å². The van der Waals surface area contributed by atoms with Crippen molar-refractivity contribution < 1.29 is 14.7 Å². The third-order valence-corrected chi connectivity index (χ3v) is 8.21. The van der Waals surface area contributed by atoms with Crippen molar-refractivity contribution in [3.63, 3.8) is 0 Å². The number of carbonyl (C=O) groups excluding carboxylic acids is 2. The Balaban J connectivity index is 1.31. The SMILES string of the molecule is CC(=O)CC1CCC(CC(=O)Nc2cnc(-c3ccc(C4(N)CC(O)C4)cc3)c(-c3ccccc3)c2)CC1. The Morgan fingerprint density at radius 3 is 2.18 bits per heavy atom. The number of nitrogens with zero attached hydrogens (tertiary/aromatic N) is 1. The van der Waals surface area contributed by atoms with Crippen molar-refractivity contribution in [2.45, 2.75) is 69.9 Å². The van der Waals surface area contributed by atoms with E-state index in [2.05, 4.69) is 5.32 Å². The molecule has 6 heteroatoms. The highest BCUT2D eigenvalue weighted by Gasteiger charge is 2.41. The number of anilines is 1. The van der Waals surface area contributed by atoms with Crippen molar-refractivity contribution in [2.24, 2.45) is 17.6 Å². The fourth-order valence-corrected chi connectivity index (χ4v) is 6.10. The Bertz CT molecular complexity index is 1280. The molecular formula is C32H37N3O3. The molecule has 1 amide bonds. The van der Waals surface area contributed by atoms with E-state index in [0.717, 1.165) is 53.6 Å². The molecule has 4 N–H and O–H groups in total. The fraction of sp³-hybridized carbons (Fsp3) is 0.406. The third-order valence-electron chi connectivity index (χ3n) is 8.21. The number of ketones is 1. The number of aliphatic hydroxyl groups excluding tert-OH is 1. The van der Waals surface area contributed by atoms with Gasteiger partial charge in [0.25, 0.3) is 0 Å². The number of nitrogens with one attached hydrogen (secondary N) is 1. The molecule has 6 nitrogen and oxygen atoms in total. The second-order valence-corrected chi connectivity index (χ2v) is 11.3. The van der Waals surface area contributed by atoms with E-state index < -0.39 is 5.54 Å². The van der Waals surface area contributed by atoms with Crippen LogP contribution in [0.1, 0.15) is 63.9 Å². The molecule has 198 valence electrons. The molecule has 2 fully saturated rings. The number of nitrogens with two attached hydrogens (primary N) is 1. The number of pyridine rings is 1. The van der Waals surface area contributed by atoms with Gasteiger partial charge < -0.3 is 21.0 Å². The first-order valence-electron chi connectivity index (χ1n) is 13.7. The molecule has 2 saturated carbocycles. The Morgan fingerprint density at radius 1 is 0.947 bits per heavy atom. The normalized spacial score (nSPS) is 24.9. The maximum Gasteiger partial charge on any atom is 0.224 e. The first-order valence-corrected chi connectivity index (χ1v) is 13.7. The van der Waals surface area contributed by atoms with Crippen LogP contribution in [0.25, 0.3) is 22.4 Å². The van der Waals surface area contributed by atoms with Crippen LogP contribution in [-0.2, 0) is 15.1 Å². The fourth-order valence-electron chi connectivity index (χ4n) is 6.10. The summed E-state index contributed by atoms with van der Waals surface area (Å²) in [7, 11) is 0. The zero-order valence-electron chi connectivity index (χ0n) is 22.0. The molecule has 0 radical (unpaired) electrons. The molecule has 0 bridgehead atoms.